The Morgan fingerprint density at radius 3 is 0.471 bits per heavy atom. The van der Waals surface area contributed by atoms with Crippen molar-refractivity contribution in [2.24, 2.45) is 0 Å². The molecule has 0 aromatic carbocycles. The van der Waals surface area contributed by atoms with Gasteiger partial charge in [0.15, 0.2) is 0 Å². The van der Waals surface area contributed by atoms with Crippen LogP contribution in [0.3, 0.4) is 0 Å². The molecule has 0 heterocycles. The predicted octanol–water partition coefficient (Wildman–Crippen LogP) is -6.69. The first-order valence-electron chi connectivity index (χ1n) is 10.9. The monoisotopic (exact) mass is 504 g/mol. The number of hydrogen-bond acceptors (Lipinski definition) is 12. The lowest BCUT2D eigenvalue weighted by Gasteiger charge is -2.54. The summed E-state index contributed by atoms with van der Waals surface area (Å²) in [4.78, 5) is 0. The van der Waals surface area contributed by atoms with Gasteiger partial charge in [0.1, 0.15) is 0 Å². The average molecular weight is 505 g/mol. The number of fused-ring (bicyclic) bond motifs is 2. The lowest BCUT2D eigenvalue weighted by atomic mass is 9.61. The smallest absolute Gasteiger partial charge is 0.0986 e. The molecule has 4 rings (SSSR count). The van der Waals surface area contributed by atoms with Crippen LogP contribution in [0.2, 0.25) is 0 Å². The Balaban J connectivity index is 0.000000321. The number of rotatable bonds is 0. The van der Waals surface area contributed by atoms with Gasteiger partial charge in [-0.2, -0.15) is 0 Å². The number of aliphatic hydroxyl groups excluding tert-OH is 8. The molecule has 14 nitrogen and oxygen atoms in total. The van der Waals surface area contributed by atoms with Crippen LogP contribution in [0.1, 0.15) is 51.4 Å². The molecule has 0 spiro atoms. The fourth-order valence-electron chi connectivity index (χ4n) is 5.71. The molecule has 4 aliphatic carbocycles. The second-order valence-electron chi connectivity index (χ2n) is 10.3. The van der Waals surface area contributed by atoms with Gasteiger partial charge in [-0.25, -0.2) is 0 Å². The zero-order valence-corrected chi connectivity index (χ0v) is 18.6. The van der Waals surface area contributed by atoms with Crippen LogP contribution >= 0.6 is 0 Å². The van der Waals surface area contributed by atoms with E-state index in [1.165, 1.54) is 0 Å². The third kappa shape index (κ3) is 5.40. The molecule has 0 radical (unpaired) electrons. The van der Waals surface area contributed by atoms with Crippen LogP contribution in [-0.4, -0.2) is 143 Å². The Kier molecular flexibility index (Phi) is 9.66. The van der Waals surface area contributed by atoms with E-state index in [9.17, 15) is 61.3 Å². The van der Waals surface area contributed by atoms with Crippen LogP contribution in [0.15, 0.2) is 0 Å². The van der Waals surface area contributed by atoms with Crippen molar-refractivity contribution < 1.29 is 72.2 Å². The first-order valence-corrected chi connectivity index (χ1v) is 10.9. The van der Waals surface area contributed by atoms with Gasteiger partial charge in [0.05, 0.1) is 71.2 Å². The molecule has 0 saturated heterocycles. The van der Waals surface area contributed by atoms with Gasteiger partial charge in [0.25, 0.3) is 0 Å². The van der Waals surface area contributed by atoms with Gasteiger partial charge < -0.3 is 72.2 Å². The molecule has 4 aliphatic rings. The summed E-state index contributed by atoms with van der Waals surface area (Å²) in [6.45, 7) is 0. The number of hydrogen-bond donors (Lipinski definition) is 12. The van der Waals surface area contributed by atoms with E-state index < -0.39 is 71.2 Å². The highest BCUT2D eigenvalue weighted by atomic mass is 16.4. The van der Waals surface area contributed by atoms with E-state index in [0.29, 0.717) is 0 Å². The van der Waals surface area contributed by atoms with Crippen molar-refractivity contribution in [1.29, 1.82) is 0 Å². The molecule has 0 aliphatic heterocycles. The summed E-state index contributed by atoms with van der Waals surface area (Å²) in [6, 6.07) is 0. The third-order valence-electron chi connectivity index (χ3n) is 7.88. The molecule has 204 valence electrons. The summed E-state index contributed by atoms with van der Waals surface area (Å²) in [7, 11) is 0. The molecule has 0 aromatic rings. The molecule has 14 heteroatoms. The van der Waals surface area contributed by atoms with E-state index in [2.05, 4.69) is 0 Å². The van der Waals surface area contributed by atoms with Gasteiger partial charge in [0, 0.05) is 51.4 Å². The SMILES string of the molecule is O.O.O[C@@H]1CC2(O)C[C@H](O)[C@@H](O)CC2(O)C[C@H]1O.O[C@@H]1CC2(O)C[C@H](O)[C@@H](O)CC2(O)C[C@H]1O. The molecule has 12 atom stereocenters. The second kappa shape index (κ2) is 10.4. The van der Waals surface area contributed by atoms with Gasteiger partial charge in [0.2, 0.25) is 0 Å². The zero-order valence-electron chi connectivity index (χ0n) is 18.6. The minimum atomic E-state index is -1.65. The van der Waals surface area contributed by atoms with Crippen molar-refractivity contribution in [3.63, 3.8) is 0 Å². The lowest BCUT2D eigenvalue weighted by molar-refractivity contribution is -0.267. The Morgan fingerprint density at radius 2 is 0.382 bits per heavy atom. The summed E-state index contributed by atoms with van der Waals surface area (Å²) in [5, 5.41) is 117. The normalized spacial score (nSPS) is 54.7. The lowest BCUT2D eigenvalue weighted by Crippen LogP contribution is -2.68. The predicted molar refractivity (Wildman–Crippen MR) is 112 cm³/mol. The highest BCUT2D eigenvalue weighted by molar-refractivity contribution is 5.13. The van der Waals surface area contributed by atoms with Crippen molar-refractivity contribution in [3.8, 4) is 0 Å². The largest absolute Gasteiger partial charge is 0.412 e. The molecule has 0 aromatic heterocycles. The first-order chi connectivity index (χ1) is 14.5. The fraction of sp³-hybridized carbons (Fsp3) is 1.00. The molecule has 34 heavy (non-hydrogen) atoms. The topological polar surface area (TPSA) is 306 Å². The summed E-state index contributed by atoms with van der Waals surface area (Å²) >= 11 is 0. The minimum Gasteiger partial charge on any atom is -0.412 e. The highest BCUT2D eigenvalue weighted by Crippen LogP contribution is 2.48. The Bertz CT molecular complexity index is 524. The maximum atomic E-state index is 10.2. The average Bonchev–Trinajstić information content (AvgIpc) is 2.63. The Labute approximate surface area is 195 Å². The van der Waals surface area contributed by atoms with Crippen molar-refractivity contribution >= 4 is 0 Å². The highest BCUT2D eigenvalue weighted by Gasteiger charge is 2.61. The standard InChI is InChI=1S/2C10H18O6.2H2O/c2*11-5-1-9(15)2-7(13)8(14)4-10(9,16)3-6(5)12;;/h2*5-8,11-16H,1-4H2;2*1H2/t2*5-,6-,7+,8+,9?,10?;;. The maximum absolute atomic E-state index is 10.2. The maximum Gasteiger partial charge on any atom is 0.0986 e. The summed E-state index contributed by atoms with van der Waals surface area (Å²) in [5.74, 6) is 0. The van der Waals surface area contributed by atoms with E-state index in [4.69, 9.17) is 0 Å². The zero-order chi connectivity index (χ0) is 24.3. The second-order valence-corrected chi connectivity index (χ2v) is 10.3. The van der Waals surface area contributed by atoms with Crippen molar-refractivity contribution in [2.75, 3.05) is 0 Å². The van der Waals surface area contributed by atoms with E-state index in [1.54, 1.807) is 0 Å². The van der Waals surface area contributed by atoms with Crippen molar-refractivity contribution in [1.82, 2.24) is 0 Å². The van der Waals surface area contributed by atoms with Gasteiger partial charge in [-0.1, -0.05) is 0 Å². The molecule has 16 N–H and O–H groups in total. The van der Waals surface area contributed by atoms with Crippen LogP contribution in [0.25, 0.3) is 0 Å². The molecule has 0 bridgehead atoms. The van der Waals surface area contributed by atoms with Crippen LogP contribution in [0.4, 0.5) is 0 Å². The summed E-state index contributed by atoms with van der Waals surface area (Å²) in [5.41, 5.74) is -6.59. The van der Waals surface area contributed by atoms with Gasteiger partial charge in [-0.05, 0) is 0 Å². The molecule has 0 amide bonds. The van der Waals surface area contributed by atoms with Gasteiger partial charge in [-0.15, -0.1) is 0 Å². The Hall–Kier alpha value is -0.560. The van der Waals surface area contributed by atoms with Crippen molar-refractivity contribution in [3.05, 3.63) is 0 Å². The van der Waals surface area contributed by atoms with Crippen LogP contribution in [-0.2, 0) is 0 Å². The quantitative estimate of drug-likeness (QED) is 0.146. The molecule has 4 fully saturated rings. The van der Waals surface area contributed by atoms with Gasteiger partial charge in [-0.3, -0.25) is 0 Å². The molecule has 4 unspecified atom stereocenters. The minimum absolute atomic E-state index is 0. The van der Waals surface area contributed by atoms with E-state index in [-0.39, 0.29) is 62.3 Å². The number of aliphatic hydroxyl groups is 12. The van der Waals surface area contributed by atoms with Crippen LogP contribution in [0.5, 0.6) is 0 Å². The van der Waals surface area contributed by atoms with E-state index in [1.807, 2.05) is 0 Å². The third-order valence-corrected chi connectivity index (χ3v) is 7.88. The van der Waals surface area contributed by atoms with E-state index in [0.717, 1.165) is 0 Å². The van der Waals surface area contributed by atoms with E-state index >= 15 is 0 Å². The Morgan fingerprint density at radius 1 is 0.294 bits per heavy atom. The molecular weight excluding hydrogens is 464 g/mol. The van der Waals surface area contributed by atoms with Crippen LogP contribution < -0.4 is 0 Å². The molecule has 4 saturated carbocycles. The fourth-order valence-corrected chi connectivity index (χ4v) is 5.71. The first kappa shape index (κ1) is 31.5. The van der Waals surface area contributed by atoms with Crippen molar-refractivity contribution in [2.45, 2.75) is 123 Å². The summed E-state index contributed by atoms with van der Waals surface area (Å²) in [6.07, 6.45) is -10.5. The van der Waals surface area contributed by atoms with Crippen LogP contribution in [0, 0.1) is 0 Å². The summed E-state index contributed by atoms with van der Waals surface area (Å²) < 4.78 is 0. The van der Waals surface area contributed by atoms with Gasteiger partial charge >= 0.3 is 0 Å². The molecular formula is C20H40O14.